The van der Waals surface area contributed by atoms with Gasteiger partial charge in [0.1, 0.15) is 0 Å². The van der Waals surface area contributed by atoms with E-state index in [9.17, 15) is 9.59 Å². The van der Waals surface area contributed by atoms with Gasteiger partial charge in [-0.3, -0.25) is 9.59 Å². The molecule has 0 spiro atoms. The molecule has 23 heavy (non-hydrogen) atoms. The molecule has 2 saturated heterocycles. The number of carbonyl (C=O) groups is 2. The van der Waals surface area contributed by atoms with Crippen molar-refractivity contribution in [3.63, 3.8) is 0 Å². The van der Waals surface area contributed by atoms with E-state index >= 15 is 0 Å². The first-order valence-corrected chi connectivity index (χ1v) is 10.2. The molecule has 0 saturated carbocycles. The van der Waals surface area contributed by atoms with E-state index < -0.39 is 0 Å². The maximum absolute atomic E-state index is 11.3. The minimum absolute atomic E-state index is 0.143. The summed E-state index contributed by atoms with van der Waals surface area (Å²) >= 11 is 2.91. The number of thioether (sulfide) groups is 2. The highest BCUT2D eigenvalue weighted by Gasteiger charge is 2.30. The highest BCUT2D eigenvalue weighted by atomic mass is 32.2. The van der Waals surface area contributed by atoms with Crippen molar-refractivity contribution in [2.75, 3.05) is 13.2 Å². The number of ether oxygens (including phenoxy) is 2. The highest BCUT2D eigenvalue weighted by Crippen LogP contribution is 2.35. The number of hydrogen-bond donors (Lipinski definition) is 0. The first kappa shape index (κ1) is 19.3. The molecule has 4 nitrogen and oxygen atoms in total. The monoisotopic (exact) mass is 360 g/mol. The van der Waals surface area contributed by atoms with Crippen LogP contribution in [0.3, 0.4) is 0 Å². The summed E-state index contributed by atoms with van der Waals surface area (Å²) in [7, 11) is 0. The summed E-state index contributed by atoms with van der Waals surface area (Å²) in [6, 6.07) is 0. The number of carbonyl (C=O) groups excluding carboxylic acids is 2. The van der Waals surface area contributed by atoms with Crippen LogP contribution < -0.4 is 0 Å². The average Bonchev–Trinajstić information content (AvgIpc) is 3.04. The molecule has 0 aromatic carbocycles. The van der Waals surface area contributed by atoms with E-state index in [0.29, 0.717) is 46.8 Å². The largest absolute Gasteiger partial charge is 0.377 e. The van der Waals surface area contributed by atoms with Crippen molar-refractivity contribution in [1.82, 2.24) is 0 Å². The van der Waals surface area contributed by atoms with Gasteiger partial charge in [0.2, 0.25) is 0 Å². The minimum atomic E-state index is -0.199. The molecule has 2 aliphatic heterocycles. The Labute approximate surface area is 147 Å². The minimum Gasteiger partial charge on any atom is -0.377 e. The topological polar surface area (TPSA) is 52.6 Å². The standard InChI is InChI=1S/C17H28O4S2/c1-12(20-11-14-5-7-16(19)23-14)8-9-21-17(2,3)10-13-4-6-15(18)22-13/h12-14H,4-11H2,1-3H3. The van der Waals surface area contributed by atoms with Gasteiger partial charge in [0.25, 0.3) is 0 Å². The normalized spacial score (nSPS) is 26.9. The van der Waals surface area contributed by atoms with Gasteiger partial charge in [0.05, 0.1) is 18.3 Å². The van der Waals surface area contributed by atoms with Gasteiger partial charge in [-0.1, -0.05) is 23.5 Å². The Morgan fingerprint density at radius 1 is 1.13 bits per heavy atom. The van der Waals surface area contributed by atoms with E-state index in [-0.39, 0.29) is 11.7 Å². The molecule has 3 unspecified atom stereocenters. The molecule has 2 heterocycles. The smallest absolute Gasteiger partial charge is 0.189 e. The summed E-state index contributed by atoms with van der Waals surface area (Å²) in [5.74, 6) is 0. The second-order valence-electron chi connectivity index (χ2n) is 7.05. The molecule has 2 aliphatic rings. The Morgan fingerprint density at radius 3 is 2.30 bits per heavy atom. The van der Waals surface area contributed by atoms with Crippen molar-refractivity contribution in [3.05, 3.63) is 0 Å². The van der Waals surface area contributed by atoms with Crippen molar-refractivity contribution >= 4 is 33.8 Å². The maximum atomic E-state index is 11.3. The fraction of sp³-hybridized carbons (Fsp3) is 0.882. The van der Waals surface area contributed by atoms with E-state index in [1.165, 1.54) is 23.5 Å². The van der Waals surface area contributed by atoms with Crippen LogP contribution in [-0.4, -0.2) is 45.6 Å². The lowest BCUT2D eigenvalue weighted by molar-refractivity contribution is -0.111. The van der Waals surface area contributed by atoms with Gasteiger partial charge in [0.15, 0.2) is 10.2 Å². The first-order valence-electron chi connectivity index (χ1n) is 8.48. The van der Waals surface area contributed by atoms with E-state index in [1.54, 1.807) is 0 Å². The summed E-state index contributed by atoms with van der Waals surface area (Å²) in [5, 5.41) is 1.35. The zero-order valence-corrected chi connectivity index (χ0v) is 16.0. The summed E-state index contributed by atoms with van der Waals surface area (Å²) < 4.78 is 11.9. The van der Waals surface area contributed by atoms with Crippen LogP contribution in [0.25, 0.3) is 0 Å². The summed E-state index contributed by atoms with van der Waals surface area (Å²) in [6.07, 6.45) is 5.23. The zero-order chi connectivity index (χ0) is 16.9. The predicted molar refractivity (Wildman–Crippen MR) is 95.9 cm³/mol. The van der Waals surface area contributed by atoms with E-state index in [1.807, 2.05) is 0 Å². The molecule has 132 valence electrons. The van der Waals surface area contributed by atoms with Crippen molar-refractivity contribution in [3.8, 4) is 0 Å². The van der Waals surface area contributed by atoms with Gasteiger partial charge < -0.3 is 9.47 Å². The Kier molecular flexibility index (Phi) is 7.45. The zero-order valence-electron chi connectivity index (χ0n) is 14.3. The highest BCUT2D eigenvalue weighted by molar-refractivity contribution is 8.14. The van der Waals surface area contributed by atoms with Crippen molar-refractivity contribution in [1.29, 1.82) is 0 Å². The fourth-order valence-electron chi connectivity index (χ4n) is 2.89. The summed E-state index contributed by atoms with van der Waals surface area (Å²) in [4.78, 5) is 22.5. The molecule has 0 aromatic heterocycles. The Morgan fingerprint density at radius 2 is 1.74 bits per heavy atom. The SMILES string of the molecule is CC(CCOC(C)(C)CC1CCC(=O)S1)OCC1CCC(=O)S1. The van der Waals surface area contributed by atoms with Crippen molar-refractivity contribution in [2.45, 2.75) is 81.5 Å². The molecule has 0 radical (unpaired) electrons. The first-order chi connectivity index (χ1) is 10.8. The summed E-state index contributed by atoms with van der Waals surface area (Å²) in [6.45, 7) is 7.58. The average molecular weight is 361 g/mol. The molecule has 6 heteroatoms. The second-order valence-corrected chi connectivity index (χ2v) is 9.76. The van der Waals surface area contributed by atoms with E-state index in [0.717, 1.165) is 25.7 Å². The van der Waals surface area contributed by atoms with Crippen LogP contribution in [0.4, 0.5) is 0 Å². The van der Waals surface area contributed by atoms with Gasteiger partial charge in [-0.25, -0.2) is 0 Å². The fourth-order valence-corrected chi connectivity index (χ4v) is 5.21. The molecule has 0 aliphatic carbocycles. The number of rotatable bonds is 9. The molecule has 3 atom stereocenters. The van der Waals surface area contributed by atoms with Crippen LogP contribution in [0.5, 0.6) is 0 Å². The van der Waals surface area contributed by atoms with E-state index in [2.05, 4.69) is 20.8 Å². The van der Waals surface area contributed by atoms with Crippen LogP contribution in [0.1, 0.15) is 59.3 Å². The lowest BCUT2D eigenvalue weighted by atomic mass is 10.00. The maximum Gasteiger partial charge on any atom is 0.189 e. The molecule has 2 fully saturated rings. The van der Waals surface area contributed by atoms with E-state index in [4.69, 9.17) is 9.47 Å². The van der Waals surface area contributed by atoms with Gasteiger partial charge in [0, 0.05) is 29.9 Å². The van der Waals surface area contributed by atoms with Gasteiger partial charge >= 0.3 is 0 Å². The predicted octanol–water partition coefficient (Wildman–Crippen LogP) is 3.81. The van der Waals surface area contributed by atoms with Gasteiger partial charge in [-0.2, -0.15) is 0 Å². The number of hydrogen-bond acceptors (Lipinski definition) is 6. The quantitative estimate of drug-likeness (QED) is 0.623. The molecular formula is C17H28O4S2. The second kappa shape index (κ2) is 8.88. The van der Waals surface area contributed by atoms with Crippen molar-refractivity contribution in [2.24, 2.45) is 0 Å². The van der Waals surface area contributed by atoms with Crippen LogP contribution in [0.15, 0.2) is 0 Å². The molecule has 0 aromatic rings. The molecular weight excluding hydrogens is 332 g/mol. The van der Waals surface area contributed by atoms with Gasteiger partial charge in [-0.05, 0) is 46.5 Å². The van der Waals surface area contributed by atoms with Crippen LogP contribution in [0.2, 0.25) is 0 Å². The van der Waals surface area contributed by atoms with Crippen LogP contribution in [-0.2, 0) is 19.1 Å². The molecule has 0 N–H and O–H groups in total. The molecule has 0 amide bonds. The molecule has 2 rings (SSSR count). The Hall–Kier alpha value is -0.0400. The third-order valence-corrected chi connectivity index (χ3v) is 6.62. The Bertz CT molecular complexity index is 425. The third-order valence-electron chi connectivity index (χ3n) is 4.24. The van der Waals surface area contributed by atoms with Crippen molar-refractivity contribution < 1.29 is 19.1 Å². The Balaban J connectivity index is 1.57. The third kappa shape index (κ3) is 7.16. The van der Waals surface area contributed by atoms with Crippen LogP contribution in [0, 0.1) is 0 Å². The lowest BCUT2D eigenvalue weighted by Crippen LogP contribution is -2.30. The van der Waals surface area contributed by atoms with Gasteiger partial charge in [-0.15, -0.1) is 0 Å². The summed E-state index contributed by atoms with van der Waals surface area (Å²) in [5.41, 5.74) is -0.199. The van der Waals surface area contributed by atoms with Crippen LogP contribution >= 0.6 is 23.5 Å². The molecule has 0 bridgehead atoms. The lowest BCUT2D eigenvalue weighted by Gasteiger charge is -2.28.